The maximum atomic E-state index is 13.0. The SMILES string of the molecule is CC(C)N1CCC(CNC(=O)c2cc(S(=O)(=O)Nc3ccc(F)cc3)ccc2Cl)C1. The minimum absolute atomic E-state index is 0.0948. The van der Waals surface area contributed by atoms with Crippen LogP contribution < -0.4 is 10.0 Å². The van der Waals surface area contributed by atoms with Gasteiger partial charge in [-0.05, 0) is 75.2 Å². The van der Waals surface area contributed by atoms with Crippen LogP contribution in [0.4, 0.5) is 10.1 Å². The average molecular weight is 454 g/mol. The predicted octanol–water partition coefficient (Wildman–Crippen LogP) is 3.74. The Morgan fingerprint density at radius 3 is 2.57 bits per heavy atom. The van der Waals surface area contributed by atoms with E-state index in [0.29, 0.717) is 18.5 Å². The highest BCUT2D eigenvalue weighted by Crippen LogP contribution is 2.23. The molecule has 162 valence electrons. The predicted molar refractivity (Wildman–Crippen MR) is 116 cm³/mol. The first-order chi connectivity index (χ1) is 14.2. The molecule has 0 bridgehead atoms. The Labute approximate surface area is 181 Å². The molecule has 0 aromatic heterocycles. The number of nitrogens with one attached hydrogen (secondary N) is 2. The summed E-state index contributed by atoms with van der Waals surface area (Å²) in [5.74, 6) is -0.536. The third-order valence-corrected chi connectivity index (χ3v) is 6.90. The third kappa shape index (κ3) is 5.50. The van der Waals surface area contributed by atoms with E-state index in [4.69, 9.17) is 11.6 Å². The molecule has 0 saturated carbocycles. The number of amides is 1. The number of halogens is 2. The standard InChI is InChI=1S/C21H25ClFN3O3S/c1-14(2)26-10-9-15(13-26)12-24-21(27)19-11-18(7-8-20(19)22)30(28,29)25-17-5-3-16(23)4-6-17/h3-8,11,14-15,25H,9-10,12-13H2,1-2H3,(H,24,27). The molecule has 2 aromatic carbocycles. The highest BCUT2D eigenvalue weighted by molar-refractivity contribution is 7.92. The molecule has 1 atom stereocenters. The number of carbonyl (C=O) groups excluding carboxylic acids is 1. The van der Waals surface area contributed by atoms with Gasteiger partial charge in [0, 0.05) is 24.8 Å². The monoisotopic (exact) mass is 453 g/mol. The summed E-state index contributed by atoms with van der Waals surface area (Å²) in [6, 6.07) is 9.36. The molecular weight excluding hydrogens is 429 g/mol. The lowest BCUT2D eigenvalue weighted by atomic mass is 10.1. The Kier molecular flexibility index (Phi) is 7.00. The molecule has 2 N–H and O–H groups in total. The topological polar surface area (TPSA) is 78.5 Å². The summed E-state index contributed by atoms with van der Waals surface area (Å²) in [5, 5.41) is 3.04. The van der Waals surface area contributed by atoms with E-state index in [1.54, 1.807) is 0 Å². The Hall–Kier alpha value is -2.16. The van der Waals surface area contributed by atoms with Gasteiger partial charge >= 0.3 is 0 Å². The average Bonchev–Trinajstić information content (AvgIpc) is 3.17. The highest BCUT2D eigenvalue weighted by atomic mass is 35.5. The van der Waals surface area contributed by atoms with E-state index in [0.717, 1.165) is 31.6 Å². The molecule has 6 nitrogen and oxygen atoms in total. The fourth-order valence-corrected chi connectivity index (χ4v) is 4.70. The summed E-state index contributed by atoms with van der Waals surface area (Å²) < 4.78 is 40.7. The Balaban J connectivity index is 1.69. The Morgan fingerprint density at radius 2 is 1.93 bits per heavy atom. The van der Waals surface area contributed by atoms with Crippen LogP contribution in [0.25, 0.3) is 0 Å². The largest absolute Gasteiger partial charge is 0.352 e. The molecule has 1 fully saturated rings. The number of hydrogen-bond donors (Lipinski definition) is 2. The number of carbonyl (C=O) groups is 1. The number of rotatable bonds is 7. The molecule has 30 heavy (non-hydrogen) atoms. The fourth-order valence-electron chi connectivity index (χ4n) is 3.41. The van der Waals surface area contributed by atoms with Crippen molar-refractivity contribution in [1.29, 1.82) is 0 Å². The molecule has 1 amide bonds. The first kappa shape index (κ1) is 22.5. The van der Waals surface area contributed by atoms with Crippen molar-refractivity contribution in [3.05, 3.63) is 58.9 Å². The lowest BCUT2D eigenvalue weighted by Gasteiger charge is -2.20. The van der Waals surface area contributed by atoms with Crippen molar-refractivity contribution in [2.45, 2.75) is 31.2 Å². The molecular formula is C21H25ClFN3O3S. The molecule has 0 aliphatic carbocycles. The number of nitrogens with zero attached hydrogens (tertiary/aromatic N) is 1. The Morgan fingerprint density at radius 1 is 1.23 bits per heavy atom. The molecule has 1 heterocycles. The molecule has 0 radical (unpaired) electrons. The second-order valence-electron chi connectivity index (χ2n) is 7.71. The van der Waals surface area contributed by atoms with Crippen molar-refractivity contribution in [2.75, 3.05) is 24.4 Å². The van der Waals surface area contributed by atoms with Crippen LogP contribution in [-0.2, 0) is 10.0 Å². The summed E-state index contributed by atoms with van der Waals surface area (Å²) in [5.41, 5.74) is 0.311. The normalized spacial score (nSPS) is 17.3. The van der Waals surface area contributed by atoms with E-state index >= 15 is 0 Å². The van der Waals surface area contributed by atoms with Gasteiger partial charge < -0.3 is 10.2 Å². The molecule has 1 unspecified atom stereocenters. The first-order valence-electron chi connectivity index (χ1n) is 9.76. The highest BCUT2D eigenvalue weighted by Gasteiger charge is 2.25. The van der Waals surface area contributed by atoms with Gasteiger partial charge in [0.05, 0.1) is 15.5 Å². The van der Waals surface area contributed by atoms with Gasteiger partial charge in [0.1, 0.15) is 5.82 Å². The maximum absolute atomic E-state index is 13.0. The Bertz CT molecular complexity index is 1010. The molecule has 9 heteroatoms. The van der Waals surface area contributed by atoms with Crippen molar-refractivity contribution in [2.24, 2.45) is 5.92 Å². The summed E-state index contributed by atoms with van der Waals surface area (Å²) in [6.45, 7) is 6.71. The van der Waals surface area contributed by atoms with Crippen molar-refractivity contribution in [3.63, 3.8) is 0 Å². The van der Waals surface area contributed by atoms with Gasteiger partial charge in [0.15, 0.2) is 0 Å². The zero-order valence-electron chi connectivity index (χ0n) is 16.9. The van der Waals surface area contributed by atoms with Crippen LogP contribution in [0.3, 0.4) is 0 Å². The van der Waals surface area contributed by atoms with Gasteiger partial charge in [-0.25, -0.2) is 12.8 Å². The van der Waals surface area contributed by atoms with Gasteiger partial charge in [-0.3, -0.25) is 9.52 Å². The van der Waals surface area contributed by atoms with Crippen molar-refractivity contribution in [3.8, 4) is 0 Å². The number of anilines is 1. The molecule has 2 aromatic rings. The van der Waals surface area contributed by atoms with E-state index < -0.39 is 21.7 Å². The van der Waals surface area contributed by atoms with Gasteiger partial charge in [-0.15, -0.1) is 0 Å². The number of hydrogen-bond acceptors (Lipinski definition) is 4. The van der Waals surface area contributed by atoms with Crippen LogP contribution in [0.2, 0.25) is 5.02 Å². The second kappa shape index (κ2) is 9.32. The van der Waals surface area contributed by atoms with Crippen molar-refractivity contribution >= 4 is 33.2 Å². The van der Waals surface area contributed by atoms with E-state index in [9.17, 15) is 17.6 Å². The fraction of sp³-hybridized carbons (Fsp3) is 0.381. The lowest BCUT2D eigenvalue weighted by Crippen LogP contribution is -2.33. The number of benzene rings is 2. The van der Waals surface area contributed by atoms with Crippen LogP contribution in [0.15, 0.2) is 47.4 Å². The van der Waals surface area contributed by atoms with E-state index in [2.05, 4.69) is 28.8 Å². The molecule has 1 saturated heterocycles. The molecule has 1 aliphatic heterocycles. The molecule has 3 rings (SSSR count). The minimum Gasteiger partial charge on any atom is -0.352 e. The van der Waals surface area contributed by atoms with Gasteiger partial charge in [0.25, 0.3) is 15.9 Å². The number of sulfonamides is 1. The minimum atomic E-state index is -3.96. The van der Waals surface area contributed by atoms with Gasteiger partial charge in [-0.2, -0.15) is 0 Å². The van der Waals surface area contributed by atoms with E-state index in [1.165, 1.54) is 30.3 Å². The van der Waals surface area contributed by atoms with Gasteiger partial charge in [-0.1, -0.05) is 11.6 Å². The van der Waals surface area contributed by atoms with Crippen LogP contribution >= 0.6 is 11.6 Å². The first-order valence-corrected chi connectivity index (χ1v) is 11.6. The van der Waals surface area contributed by atoms with Crippen LogP contribution in [0, 0.1) is 11.7 Å². The van der Waals surface area contributed by atoms with Crippen molar-refractivity contribution < 1.29 is 17.6 Å². The van der Waals surface area contributed by atoms with E-state index in [1.807, 2.05) is 0 Å². The maximum Gasteiger partial charge on any atom is 0.261 e. The van der Waals surface area contributed by atoms with Crippen LogP contribution in [-0.4, -0.2) is 44.9 Å². The van der Waals surface area contributed by atoms with Crippen LogP contribution in [0.5, 0.6) is 0 Å². The number of likely N-dealkylation sites (tertiary alicyclic amines) is 1. The quantitative estimate of drug-likeness (QED) is 0.669. The summed E-state index contributed by atoms with van der Waals surface area (Å²) in [6.07, 6.45) is 1.00. The summed E-state index contributed by atoms with van der Waals surface area (Å²) in [4.78, 5) is 14.9. The van der Waals surface area contributed by atoms with Crippen molar-refractivity contribution in [1.82, 2.24) is 10.2 Å². The molecule has 1 aliphatic rings. The third-order valence-electron chi connectivity index (χ3n) is 5.19. The summed E-state index contributed by atoms with van der Waals surface area (Å²) in [7, 11) is -3.96. The zero-order valence-corrected chi connectivity index (χ0v) is 18.4. The van der Waals surface area contributed by atoms with E-state index in [-0.39, 0.29) is 21.2 Å². The van der Waals surface area contributed by atoms with Gasteiger partial charge in [0.2, 0.25) is 0 Å². The van der Waals surface area contributed by atoms with Crippen LogP contribution in [0.1, 0.15) is 30.6 Å². The zero-order chi connectivity index (χ0) is 21.9. The second-order valence-corrected chi connectivity index (χ2v) is 9.80. The molecule has 0 spiro atoms. The lowest BCUT2D eigenvalue weighted by molar-refractivity contribution is 0.0947. The summed E-state index contributed by atoms with van der Waals surface area (Å²) >= 11 is 6.15. The smallest absolute Gasteiger partial charge is 0.261 e.